The van der Waals surface area contributed by atoms with Gasteiger partial charge in [-0.25, -0.2) is 0 Å². The zero-order valence-electron chi connectivity index (χ0n) is 9.80. The SMILES string of the molecule is O=C(Oc1ccc([N+](=O)[O-])cc1)C1CCCNC1. The average molecular weight is 250 g/mol. The number of piperidine rings is 1. The van der Waals surface area contributed by atoms with Crippen molar-refractivity contribution >= 4 is 11.7 Å². The topological polar surface area (TPSA) is 81.5 Å². The van der Waals surface area contributed by atoms with E-state index in [1.807, 2.05) is 0 Å². The number of hydrogen-bond donors (Lipinski definition) is 1. The molecule has 1 heterocycles. The lowest BCUT2D eigenvalue weighted by molar-refractivity contribution is -0.384. The molecule has 6 nitrogen and oxygen atoms in total. The van der Waals surface area contributed by atoms with E-state index in [-0.39, 0.29) is 17.6 Å². The number of ether oxygens (including phenoxy) is 1. The Morgan fingerprint density at radius 3 is 2.67 bits per heavy atom. The molecule has 2 rings (SSSR count). The van der Waals surface area contributed by atoms with E-state index in [4.69, 9.17) is 4.74 Å². The van der Waals surface area contributed by atoms with Crippen LogP contribution in [0.15, 0.2) is 24.3 Å². The molecular weight excluding hydrogens is 236 g/mol. The normalized spacial score (nSPS) is 19.2. The molecule has 0 radical (unpaired) electrons. The van der Waals surface area contributed by atoms with Crippen LogP contribution < -0.4 is 10.1 Å². The van der Waals surface area contributed by atoms with Gasteiger partial charge in [-0.2, -0.15) is 0 Å². The van der Waals surface area contributed by atoms with Gasteiger partial charge in [0.1, 0.15) is 5.75 Å². The molecule has 1 aromatic carbocycles. The lowest BCUT2D eigenvalue weighted by Crippen LogP contribution is -2.36. The number of benzene rings is 1. The summed E-state index contributed by atoms with van der Waals surface area (Å²) < 4.78 is 5.19. The standard InChI is InChI=1S/C12H14N2O4/c15-12(9-2-1-7-13-8-9)18-11-5-3-10(4-6-11)14(16)17/h3-6,9,13H,1-2,7-8H2. The van der Waals surface area contributed by atoms with Crippen molar-refractivity contribution in [2.24, 2.45) is 5.92 Å². The number of hydrogen-bond acceptors (Lipinski definition) is 5. The molecule has 6 heteroatoms. The minimum atomic E-state index is -0.489. The second-order valence-electron chi connectivity index (χ2n) is 4.22. The molecule has 1 aliphatic heterocycles. The molecule has 1 fully saturated rings. The molecule has 1 aliphatic rings. The highest BCUT2D eigenvalue weighted by molar-refractivity contribution is 5.75. The Morgan fingerprint density at radius 2 is 2.11 bits per heavy atom. The summed E-state index contributed by atoms with van der Waals surface area (Å²) in [4.78, 5) is 21.8. The number of nitrogens with zero attached hydrogens (tertiary/aromatic N) is 1. The van der Waals surface area contributed by atoms with Crippen LogP contribution >= 0.6 is 0 Å². The Kier molecular flexibility index (Phi) is 3.88. The summed E-state index contributed by atoms with van der Waals surface area (Å²) in [6.45, 7) is 1.56. The number of nitro groups is 1. The van der Waals surface area contributed by atoms with Crippen LogP contribution in [0.3, 0.4) is 0 Å². The molecule has 0 saturated carbocycles. The molecule has 0 aromatic heterocycles. The third-order valence-corrected chi connectivity index (χ3v) is 2.90. The van der Waals surface area contributed by atoms with E-state index in [0.717, 1.165) is 19.4 Å². The van der Waals surface area contributed by atoms with Crippen molar-refractivity contribution in [2.45, 2.75) is 12.8 Å². The zero-order valence-corrected chi connectivity index (χ0v) is 9.80. The van der Waals surface area contributed by atoms with Crippen LogP contribution in [-0.4, -0.2) is 24.0 Å². The maximum atomic E-state index is 11.8. The molecule has 0 amide bonds. The number of nitro benzene ring substituents is 1. The molecule has 1 unspecified atom stereocenters. The van der Waals surface area contributed by atoms with Gasteiger partial charge in [-0.1, -0.05) is 0 Å². The lowest BCUT2D eigenvalue weighted by atomic mass is 10.0. The molecule has 0 bridgehead atoms. The first-order chi connectivity index (χ1) is 8.66. The van der Waals surface area contributed by atoms with Crippen LogP contribution in [0, 0.1) is 16.0 Å². The van der Waals surface area contributed by atoms with Gasteiger partial charge < -0.3 is 10.1 Å². The summed E-state index contributed by atoms with van der Waals surface area (Å²) in [5.74, 6) is -0.0684. The third kappa shape index (κ3) is 3.04. The number of esters is 1. The van der Waals surface area contributed by atoms with Gasteiger partial charge in [0.2, 0.25) is 0 Å². The Labute approximate surface area is 104 Å². The summed E-state index contributed by atoms with van der Waals surface area (Å²) in [7, 11) is 0. The molecule has 1 aromatic rings. The molecule has 96 valence electrons. The Balaban J connectivity index is 1.96. The first kappa shape index (κ1) is 12.5. The van der Waals surface area contributed by atoms with E-state index in [1.165, 1.54) is 24.3 Å². The maximum absolute atomic E-state index is 11.8. The highest BCUT2D eigenvalue weighted by Gasteiger charge is 2.22. The number of carbonyl (C=O) groups is 1. The number of carbonyl (C=O) groups excluding carboxylic acids is 1. The fourth-order valence-electron chi connectivity index (χ4n) is 1.89. The molecule has 1 saturated heterocycles. The molecule has 18 heavy (non-hydrogen) atoms. The van der Waals surface area contributed by atoms with E-state index in [9.17, 15) is 14.9 Å². The van der Waals surface area contributed by atoms with Crippen LogP contribution in [0.2, 0.25) is 0 Å². The van der Waals surface area contributed by atoms with E-state index in [0.29, 0.717) is 12.3 Å². The highest BCUT2D eigenvalue weighted by Crippen LogP contribution is 2.19. The van der Waals surface area contributed by atoms with Crippen molar-refractivity contribution in [3.05, 3.63) is 34.4 Å². The van der Waals surface area contributed by atoms with Gasteiger partial charge in [0, 0.05) is 18.7 Å². The largest absolute Gasteiger partial charge is 0.426 e. The molecule has 1 atom stereocenters. The number of non-ortho nitro benzene ring substituents is 1. The predicted molar refractivity (Wildman–Crippen MR) is 64.3 cm³/mol. The molecule has 1 N–H and O–H groups in total. The fraction of sp³-hybridized carbons (Fsp3) is 0.417. The van der Waals surface area contributed by atoms with Gasteiger partial charge in [0.15, 0.2) is 0 Å². The summed E-state index contributed by atoms with van der Waals surface area (Å²) >= 11 is 0. The van der Waals surface area contributed by atoms with Crippen LogP contribution in [0.5, 0.6) is 5.75 Å². The highest BCUT2D eigenvalue weighted by atomic mass is 16.6. The molecule has 0 aliphatic carbocycles. The Morgan fingerprint density at radius 1 is 1.39 bits per heavy atom. The van der Waals surface area contributed by atoms with Crippen molar-refractivity contribution in [3.63, 3.8) is 0 Å². The molecular formula is C12H14N2O4. The van der Waals surface area contributed by atoms with Gasteiger partial charge in [-0.15, -0.1) is 0 Å². The van der Waals surface area contributed by atoms with Crippen LogP contribution in [0.25, 0.3) is 0 Å². The maximum Gasteiger partial charge on any atom is 0.315 e. The second kappa shape index (κ2) is 5.59. The number of rotatable bonds is 3. The van der Waals surface area contributed by atoms with Gasteiger partial charge in [-0.3, -0.25) is 14.9 Å². The van der Waals surface area contributed by atoms with Gasteiger partial charge in [-0.05, 0) is 31.5 Å². The lowest BCUT2D eigenvalue weighted by Gasteiger charge is -2.20. The Hall–Kier alpha value is -1.95. The average Bonchev–Trinajstić information content (AvgIpc) is 2.40. The summed E-state index contributed by atoms with van der Waals surface area (Å²) in [5, 5.41) is 13.6. The second-order valence-corrected chi connectivity index (χ2v) is 4.22. The zero-order chi connectivity index (χ0) is 13.0. The van der Waals surface area contributed by atoms with Gasteiger partial charge >= 0.3 is 5.97 Å². The minimum Gasteiger partial charge on any atom is -0.426 e. The monoisotopic (exact) mass is 250 g/mol. The van der Waals surface area contributed by atoms with Crippen molar-refractivity contribution in [2.75, 3.05) is 13.1 Å². The third-order valence-electron chi connectivity index (χ3n) is 2.90. The van der Waals surface area contributed by atoms with E-state index >= 15 is 0 Å². The Bertz CT molecular complexity index is 438. The van der Waals surface area contributed by atoms with E-state index in [2.05, 4.69) is 5.32 Å². The van der Waals surface area contributed by atoms with Crippen molar-refractivity contribution in [3.8, 4) is 5.75 Å². The van der Waals surface area contributed by atoms with Crippen LogP contribution in [0.4, 0.5) is 5.69 Å². The first-order valence-corrected chi connectivity index (χ1v) is 5.83. The van der Waals surface area contributed by atoms with Crippen molar-refractivity contribution in [1.29, 1.82) is 0 Å². The number of nitrogens with one attached hydrogen (secondary N) is 1. The van der Waals surface area contributed by atoms with Crippen LogP contribution in [0.1, 0.15) is 12.8 Å². The minimum absolute atomic E-state index is 0.0193. The summed E-state index contributed by atoms with van der Waals surface area (Å²) in [5.41, 5.74) is -0.0193. The van der Waals surface area contributed by atoms with Crippen LogP contribution in [-0.2, 0) is 4.79 Å². The van der Waals surface area contributed by atoms with E-state index in [1.54, 1.807) is 0 Å². The summed E-state index contributed by atoms with van der Waals surface area (Å²) in [6.07, 6.45) is 1.78. The quantitative estimate of drug-likeness (QED) is 0.380. The summed E-state index contributed by atoms with van der Waals surface area (Å²) in [6, 6.07) is 5.52. The molecule has 0 spiro atoms. The fourth-order valence-corrected chi connectivity index (χ4v) is 1.89. The van der Waals surface area contributed by atoms with E-state index < -0.39 is 4.92 Å². The van der Waals surface area contributed by atoms with Crippen molar-refractivity contribution in [1.82, 2.24) is 5.32 Å². The predicted octanol–water partition coefficient (Wildman–Crippen LogP) is 1.50. The van der Waals surface area contributed by atoms with Gasteiger partial charge in [0.25, 0.3) is 5.69 Å². The van der Waals surface area contributed by atoms with Crippen molar-refractivity contribution < 1.29 is 14.5 Å². The first-order valence-electron chi connectivity index (χ1n) is 5.83. The smallest absolute Gasteiger partial charge is 0.315 e. The van der Waals surface area contributed by atoms with Gasteiger partial charge in [0.05, 0.1) is 10.8 Å².